The molecular formula is C15H17ClN2O. The Balaban J connectivity index is 1.89. The molecule has 1 aromatic heterocycles. The van der Waals surface area contributed by atoms with E-state index in [0.29, 0.717) is 0 Å². The molecule has 1 unspecified atom stereocenters. The van der Waals surface area contributed by atoms with E-state index in [1.165, 1.54) is 11.3 Å². The number of nitrogens with zero attached hydrogens (tertiary/aromatic N) is 2. The zero-order chi connectivity index (χ0) is 13.2. The molecular weight excluding hydrogens is 260 g/mol. The second-order valence-electron chi connectivity index (χ2n) is 5.07. The lowest BCUT2D eigenvalue weighted by molar-refractivity contribution is 0.204. The third kappa shape index (κ3) is 2.53. The van der Waals surface area contributed by atoms with Crippen LogP contribution in [0.4, 0.5) is 0 Å². The molecule has 0 saturated heterocycles. The number of halogens is 1. The molecule has 3 nitrogen and oxygen atoms in total. The molecule has 100 valence electrons. The minimum Gasteiger partial charge on any atom is -0.394 e. The molecule has 2 heterocycles. The van der Waals surface area contributed by atoms with Crippen molar-refractivity contribution in [1.82, 2.24) is 9.55 Å². The molecule has 1 aromatic carbocycles. The molecule has 1 atom stereocenters. The van der Waals surface area contributed by atoms with E-state index < -0.39 is 0 Å². The molecule has 0 spiro atoms. The second-order valence-corrected chi connectivity index (χ2v) is 5.50. The van der Waals surface area contributed by atoms with Crippen molar-refractivity contribution < 1.29 is 5.11 Å². The molecule has 0 bridgehead atoms. The molecule has 4 heteroatoms. The first-order valence-electron chi connectivity index (χ1n) is 6.68. The van der Waals surface area contributed by atoms with Crippen LogP contribution in [-0.4, -0.2) is 21.3 Å². The molecule has 3 rings (SSSR count). The first-order valence-corrected chi connectivity index (χ1v) is 7.06. The van der Waals surface area contributed by atoms with Gasteiger partial charge in [0.25, 0.3) is 0 Å². The van der Waals surface area contributed by atoms with Crippen LogP contribution in [0.3, 0.4) is 0 Å². The Bertz CT molecular complexity index is 562. The Kier molecular flexibility index (Phi) is 3.58. The number of hydrogen-bond donors (Lipinski definition) is 1. The van der Waals surface area contributed by atoms with Crippen LogP contribution in [-0.2, 0) is 12.8 Å². The summed E-state index contributed by atoms with van der Waals surface area (Å²) >= 11 is 5.90. The zero-order valence-electron chi connectivity index (χ0n) is 10.7. The van der Waals surface area contributed by atoms with Crippen molar-refractivity contribution in [3.63, 3.8) is 0 Å². The highest BCUT2D eigenvalue weighted by atomic mass is 35.5. The van der Waals surface area contributed by atoms with Gasteiger partial charge in [-0.05, 0) is 37.0 Å². The summed E-state index contributed by atoms with van der Waals surface area (Å²) < 4.78 is 2.22. The smallest absolute Gasteiger partial charge is 0.113 e. The van der Waals surface area contributed by atoms with Gasteiger partial charge in [-0.3, -0.25) is 0 Å². The van der Waals surface area contributed by atoms with E-state index in [4.69, 9.17) is 11.6 Å². The highest BCUT2D eigenvalue weighted by Crippen LogP contribution is 2.27. The van der Waals surface area contributed by atoms with Gasteiger partial charge in [0.05, 0.1) is 12.6 Å². The molecule has 0 aliphatic carbocycles. The van der Waals surface area contributed by atoms with Crippen LogP contribution in [0.5, 0.6) is 0 Å². The van der Waals surface area contributed by atoms with Crippen molar-refractivity contribution in [2.24, 2.45) is 0 Å². The van der Waals surface area contributed by atoms with Gasteiger partial charge in [-0.25, -0.2) is 4.98 Å². The third-order valence-corrected chi connectivity index (χ3v) is 4.02. The molecule has 1 aliphatic heterocycles. The minimum absolute atomic E-state index is 0.188. The fourth-order valence-corrected chi connectivity index (χ4v) is 2.93. The summed E-state index contributed by atoms with van der Waals surface area (Å²) in [4.78, 5) is 4.53. The number of imidazole rings is 1. The van der Waals surface area contributed by atoms with Crippen LogP contribution >= 0.6 is 11.6 Å². The number of aliphatic hydroxyl groups excluding tert-OH is 1. The second kappa shape index (κ2) is 5.35. The number of aryl methyl sites for hydroxylation is 1. The number of aromatic nitrogens is 2. The average molecular weight is 277 g/mol. The number of hydrogen-bond acceptors (Lipinski definition) is 2. The van der Waals surface area contributed by atoms with Gasteiger partial charge in [0.15, 0.2) is 0 Å². The van der Waals surface area contributed by atoms with Gasteiger partial charge in [-0.15, -0.1) is 0 Å². The van der Waals surface area contributed by atoms with E-state index in [1.807, 2.05) is 30.5 Å². The van der Waals surface area contributed by atoms with E-state index in [0.717, 1.165) is 36.5 Å². The van der Waals surface area contributed by atoms with E-state index in [1.54, 1.807) is 0 Å². The molecule has 1 aliphatic rings. The Morgan fingerprint density at radius 2 is 2.11 bits per heavy atom. The fourth-order valence-electron chi connectivity index (χ4n) is 2.81. The van der Waals surface area contributed by atoms with Crippen molar-refractivity contribution in [3.05, 3.63) is 52.6 Å². The van der Waals surface area contributed by atoms with E-state index >= 15 is 0 Å². The summed E-state index contributed by atoms with van der Waals surface area (Å²) in [6, 6.07) is 8.05. The summed E-state index contributed by atoms with van der Waals surface area (Å²) in [5.74, 6) is 1.04. The highest BCUT2D eigenvalue weighted by molar-refractivity contribution is 6.30. The van der Waals surface area contributed by atoms with Crippen LogP contribution < -0.4 is 0 Å². The first kappa shape index (κ1) is 12.7. The van der Waals surface area contributed by atoms with Crippen molar-refractivity contribution in [2.45, 2.75) is 31.7 Å². The predicted octanol–water partition coefficient (Wildman–Crippen LogP) is 3.00. The Labute approximate surface area is 117 Å². The van der Waals surface area contributed by atoms with Crippen LogP contribution in [0.2, 0.25) is 5.02 Å². The van der Waals surface area contributed by atoms with Crippen molar-refractivity contribution in [3.8, 4) is 0 Å². The zero-order valence-corrected chi connectivity index (χ0v) is 11.5. The Morgan fingerprint density at radius 1 is 1.32 bits per heavy atom. The van der Waals surface area contributed by atoms with Gasteiger partial charge < -0.3 is 9.67 Å². The monoisotopic (exact) mass is 276 g/mol. The fraction of sp³-hybridized carbons (Fsp3) is 0.400. The SMILES string of the molecule is OCC1CCCc2cnc(Cc3ccc(Cl)cc3)n21. The van der Waals surface area contributed by atoms with Crippen molar-refractivity contribution >= 4 is 11.6 Å². The Morgan fingerprint density at radius 3 is 2.84 bits per heavy atom. The average Bonchev–Trinajstić information content (AvgIpc) is 2.85. The minimum atomic E-state index is 0.188. The topological polar surface area (TPSA) is 38.1 Å². The lowest BCUT2D eigenvalue weighted by Gasteiger charge is -2.25. The maximum Gasteiger partial charge on any atom is 0.113 e. The quantitative estimate of drug-likeness (QED) is 0.936. The summed E-state index contributed by atoms with van der Waals surface area (Å²) in [7, 11) is 0. The van der Waals surface area contributed by atoms with Gasteiger partial charge in [-0.2, -0.15) is 0 Å². The van der Waals surface area contributed by atoms with Gasteiger partial charge in [0, 0.05) is 23.3 Å². The summed E-state index contributed by atoms with van der Waals surface area (Å²) in [6.45, 7) is 0.191. The molecule has 1 N–H and O–H groups in total. The van der Waals surface area contributed by atoms with Crippen LogP contribution in [0.15, 0.2) is 30.5 Å². The summed E-state index contributed by atoms with van der Waals surface area (Å²) in [6.07, 6.45) is 5.97. The van der Waals surface area contributed by atoms with Crippen LogP contribution in [0.25, 0.3) is 0 Å². The van der Waals surface area contributed by atoms with Gasteiger partial charge in [-0.1, -0.05) is 23.7 Å². The highest BCUT2D eigenvalue weighted by Gasteiger charge is 2.22. The summed E-state index contributed by atoms with van der Waals surface area (Å²) in [5.41, 5.74) is 2.44. The van der Waals surface area contributed by atoms with Crippen molar-refractivity contribution in [1.29, 1.82) is 0 Å². The standard InChI is InChI=1S/C15H17ClN2O/c16-12-6-4-11(5-7-12)8-15-17-9-13-2-1-3-14(10-19)18(13)15/h4-7,9,14,19H,1-3,8,10H2. The van der Waals surface area contributed by atoms with Gasteiger partial charge in [0.1, 0.15) is 5.82 Å². The first-order chi connectivity index (χ1) is 9.28. The number of aliphatic hydroxyl groups is 1. The Hall–Kier alpha value is -1.32. The normalized spacial score (nSPS) is 18.3. The molecule has 0 saturated carbocycles. The predicted molar refractivity (Wildman–Crippen MR) is 75.5 cm³/mol. The van der Waals surface area contributed by atoms with Crippen LogP contribution in [0, 0.1) is 0 Å². The third-order valence-electron chi connectivity index (χ3n) is 3.77. The number of fused-ring (bicyclic) bond motifs is 1. The summed E-state index contributed by atoms with van der Waals surface area (Å²) in [5, 5.41) is 10.3. The lowest BCUT2D eigenvalue weighted by Crippen LogP contribution is -2.22. The van der Waals surface area contributed by atoms with Gasteiger partial charge in [0.2, 0.25) is 0 Å². The largest absolute Gasteiger partial charge is 0.394 e. The molecule has 19 heavy (non-hydrogen) atoms. The van der Waals surface area contributed by atoms with Crippen LogP contribution in [0.1, 0.15) is 36.0 Å². The molecule has 0 amide bonds. The van der Waals surface area contributed by atoms with E-state index in [-0.39, 0.29) is 12.6 Å². The van der Waals surface area contributed by atoms with Gasteiger partial charge >= 0.3 is 0 Å². The maximum absolute atomic E-state index is 9.52. The maximum atomic E-state index is 9.52. The molecule has 0 radical (unpaired) electrons. The molecule has 0 fully saturated rings. The van der Waals surface area contributed by atoms with E-state index in [2.05, 4.69) is 9.55 Å². The number of benzene rings is 1. The lowest BCUT2D eigenvalue weighted by atomic mass is 10.0. The van der Waals surface area contributed by atoms with E-state index in [9.17, 15) is 5.11 Å². The molecule has 2 aromatic rings. The number of rotatable bonds is 3. The van der Waals surface area contributed by atoms with Crippen molar-refractivity contribution in [2.75, 3.05) is 6.61 Å².